The number of carbonyl (C=O) groups excluding carboxylic acids is 1. The van der Waals surface area contributed by atoms with Crippen molar-refractivity contribution in [3.05, 3.63) is 71.3 Å². The molecule has 2 aromatic rings. The average Bonchev–Trinajstić information content (AvgIpc) is 3.20. The normalized spacial score (nSPS) is 22.6. The van der Waals surface area contributed by atoms with E-state index in [0.717, 1.165) is 5.56 Å². The molecule has 1 amide bonds. The van der Waals surface area contributed by atoms with Crippen molar-refractivity contribution in [2.75, 3.05) is 19.8 Å². The second-order valence-electron chi connectivity index (χ2n) is 8.25. The van der Waals surface area contributed by atoms with Gasteiger partial charge in [0.05, 0.1) is 25.9 Å². The van der Waals surface area contributed by atoms with Crippen molar-refractivity contribution in [3.63, 3.8) is 0 Å². The topological polar surface area (TPSA) is 86.8 Å². The Hall–Kier alpha value is -2.88. The van der Waals surface area contributed by atoms with Gasteiger partial charge in [-0.05, 0) is 42.0 Å². The third-order valence-electron chi connectivity index (χ3n) is 5.34. The highest BCUT2D eigenvalue weighted by Gasteiger charge is 2.33. The van der Waals surface area contributed by atoms with Gasteiger partial charge in [-0.2, -0.15) is 0 Å². The molecule has 2 heterocycles. The second kappa shape index (κ2) is 9.09. The minimum Gasteiger partial charge on any atom is -0.380 e. The fourth-order valence-corrected chi connectivity index (χ4v) is 3.44. The number of amides is 1. The lowest BCUT2D eigenvalue weighted by atomic mass is 9.89. The molecule has 0 radical (unpaired) electrons. The smallest absolute Gasteiger partial charge is 0.257 e. The zero-order valence-electron chi connectivity index (χ0n) is 17.1. The number of nitrogens with zero attached hydrogens (tertiary/aromatic N) is 1. The van der Waals surface area contributed by atoms with Gasteiger partial charge in [-0.1, -0.05) is 19.1 Å². The van der Waals surface area contributed by atoms with Gasteiger partial charge in [-0.15, -0.1) is 0 Å². The van der Waals surface area contributed by atoms with Crippen LogP contribution in [0, 0.1) is 17.0 Å². The lowest BCUT2D eigenvalue weighted by Crippen LogP contribution is -2.51. The molecule has 2 fully saturated rings. The summed E-state index contributed by atoms with van der Waals surface area (Å²) < 4.78 is 31.6. The predicted octanol–water partition coefficient (Wildman–Crippen LogP) is 2.24. The molecule has 0 aliphatic carbocycles. The second-order valence-corrected chi connectivity index (χ2v) is 8.25. The molecule has 2 aliphatic heterocycles. The molecule has 4 rings (SSSR count). The number of carbonyl (C=O) groups is 1. The van der Waals surface area contributed by atoms with Crippen LogP contribution < -0.4 is 21.5 Å². The molecule has 31 heavy (non-hydrogen) atoms. The Morgan fingerprint density at radius 1 is 1.10 bits per heavy atom. The zero-order valence-corrected chi connectivity index (χ0v) is 17.1. The van der Waals surface area contributed by atoms with E-state index in [0.29, 0.717) is 37.7 Å². The summed E-state index contributed by atoms with van der Waals surface area (Å²) in [5.41, 5.74) is 7.52. The molecular formula is C22H25F2N5O2. The van der Waals surface area contributed by atoms with Gasteiger partial charge in [-0.25, -0.2) is 19.6 Å². The summed E-state index contributed by atoms with van der Waals surface area (Å²) in [4.78, 5) is 17.2. The van der Waals surface area contributed by atoms with E-state index in [-0.39, 0.29) is 29.3 Å². The van der Waals surface area contributed by atoms with Crippen LogP contribution in [0.3, 0.4) is 0 Å². The molecule has 2 unspecified atom stereocenters. The van der Waals surface area contributed by atoms with Crippen LogP contribution >= 0.6 is 0 Å². The van der Waals surface area contributed by atoms with Gasteiger partial charge in [0.25, 0.3) is 5.91 Å². The number of rotatable bonds is 5. The number of hydrogen-bond acceptors (Lipinski definition) is 5. The molecule has 4 N–H and O–H groups in total. The number of aliphatic imine (C=N–C) groups is 1. The summed E-state index contributed by atoms with van der Waals surface area (Å²) in [6.07, 6.45) is 0.435. The molecule has 2 saturated heterocycles. The number of guanidine groups is 1. The largest absolute Gasteiger partial charge is 0.380 e. The highest BCUT2D eigenvalue weighted by atomic mass is 19.1. The van der Waals surface area contributed by atoms with Crippen LogP contribution in [0.2, 0.25) is 0 Å². The lowest BCUT2D eigenvalue weighted by Gasteiger charge is -2.36. The number of ether oxygens (including phenoxy) is 1. The Kier molecular flexibility index (Phi) is 6.26. The molecule has 0 spiro atoms. The van der Waals surface area contributed by atoms with Crippen LogP contribution in [-0.4, -0.2) is 37.8 Å². The maximum absolute atomic E-state index is 13.2. The number of hydrogen-bond donors (Lipinski definition) is 4. The number of nitrogens with one attached hydrogen (secondary N) is 4. The van der Waals surface area contributed by atoms with E-state index in [2.05, 4.69) is 33.4 Å². The molecule has 2 atom stereocenters. The number of hydrazine groups is 1. The molecular weight excluding hydrogens is 404 g/mol. The fraction of sp³-hybridized carbons (Fsp3) is 0.364. The molecule has 0 bridgehead atoms. The van der Waals surface area contributed by atoms with Crippen LogP contribution in [0.5, 0.6) is 0 Å². The van der Waals surface area contributed by atoms with Gasteiger partial charge in [0.15, 0.2) is 5.96 Å². The summed E-state index contributed by atoms with van der Waals surface area (Å²) in [6.45, 7) is 3.79. The van der Waals surface area contributed by atoms with E-state index in [9.17, 15) is 13.6 Å². The first-order chi connectivity index (χ1) is 14.9. The minimum atomic E-state index is -0.408. The SMILES string of the molecule is CC1(CN=C(NC(=O)c2ccc(F)cc2)NC2CC(c3ccc(F)cc3)NN2)COC1. The zero-order chi connectivity index (χ0) is 21.8. The van der Waals surface area contributed by atoms with Crippen molar-refractivity contribution in [2.45, 2.75) is 25.6 Å². The molecule has 2 aromatic carbocycles. The molecule has 7 nitrogen and oxygen atoms in total. The van der Waals surface area contributed by atoms with Crippen molar-refractivity contribution in [3.8, 4) is 0 Å². The Labute approximate surface area is 179 Å². The van der Waals surface area contributed by atoms with Gasteiger partial charge in [0.1, 0.15) is 11.6 Å². The van der Waals surface area contributed by atoms with Gasteiger partial charge < -0.3 is 10.1 Å². The van der Waals surface area contributed by atoms with Crippen molar-refractivity contribution in [1.82, 2.24) is 21.5 Å². The first-order valence-corrected chi connectivity index (χ1v) is 10.1. The number of benzene rings is 2. The van der Waals surface area contributed by atoms with Crippen molar-refractivity contribution in [1.29, 1.82) is 0 Å². The Morgan fingerprint density at radius 3 is 2.35 bits per heavy atom. The van der Waals surface area contributed by atoms with E-state index >= 15 is 0 Å². The van der Waals surface area contributed by atoms with Crippen molar-refractivity contribution < 1.29 is 18.3 Å². The Morgan fingerprint density at radius 2 is 1.74 bits per heavy atom. The fourth-order valence-electron chi connectivity index (χ4n) is 3.44. The first kappa shape index (κ1) is 21.4. The first-order valence-electron chi connectivity index (χ1n) is 10.1. The third-order valence-corrected chi connectivity index (χ3v) is 5.34. The maximum atomic E-state index is 13.2. The minimum absolute atomic E-state index is 0.0234. The summed E-state index contributed by atoms with van der Waals surface area (Å²) >= 11 is 0. The Bertz CT molecular complexity index is 945. The van der Waals surface area contributed by atoms with E-state index in [4.69, 9.17) is 4.74 Å². The third kappa shape index (κ3) is 5.43. The summed E-state index contributed by atoms with van der Waals surface area (Å²) in [5.74, 6) is -0.755. The van der Waals surface area contributed by atoms with Gasteiger partial charge in [-0.3, -0.25) is 15.1 Å². The maximum Gasteiger partial charge on any atom is 0.257 e. The van der Waals surface area contributed by atoms with Crippen LogP contribution in [0.15, 0.2) is 53.5 Å². The lowest BCUT2D eigenvalue weighted by molar-refractivity contribution is -0.0945. The highest BCUT2D eigenvalue weighted by Crippen LogP contribution is 2.26. The van der Waals surface area contributed by atoms with Crippen molar-refractivity contribution >= 4 is 11.9 Å². The van der Waals surface area contributed by atoms with E-state index < -0.39 is 5.82 Å². The van der Waals surface area contributed by atoms with Gasteiger partial charge >= 0.3 is 0 Å². The molecule has 2 aliphatic rings. The van der Waals surface area contributed by atoms with Crippen LogP contribution in [0.4, 0.5) is 8.78 Å². The Balaban J connectivity index is 1.42. The van der Waals surface area contributed by atoms with E-state index in [1.54, 1.807) is 12.1 Å². The number of halogens is 2. The van der Waals surface area contributed by atoms with Gasteiger partial charge in [0.2, 0.25) is 0 Å². The monoisotopic (exact) mass is 429 g/mol. The van der Waals surface area contributed by atoms with E-state index in [1.807, 2.05) is 0 Å². The average molecular weight is 429 g/mol. The van der Waals surface area contributed by atoms with Gasteiger partial charge in [0, 0.05) is 23.4 Å². The highest BCUT2D eigenvalue weighted by molar-refractivity contribution is 6.05. The van der Waals surface area contributed by atoms with E-state index in [1.165, 1.54) is 36.4 Å². The van der Waals surface area contributed by atoms with Crippen LogP contribution in [-0.2, 0) is 4.74 Å². The molecule has 0 aromatic heterocycles. The molecule has 0 saturated carbocycles. The molecule has 164 valence electrons. The summed E-state index contributed by atoms with van der Waals surface area (Å²) in [5, 5.41) is 6.00. The van der Waals surface area contributed by atoms with Crippen LogP contribution in [0.1, 0.15) is 35.3 Å². The summed E-state index contributed by atoms with van der Waals surface area (Å²) in [6, 6.07) is 11.6. The predicted molar refractivity (Wildman–Crippen MR) is 112 cm³/mol. The quantitative estimate of drug-likeness (QED) is 0.433. The van der Waals surface area contributed by atoms with Crippen molar-refractivity contribution in [2.24, 2.45) is 10.4 Å². The summed E-state index contributed by atoms with van der Waals surface area (Å²) in [7, 11) is 0. The molecule has 9 heteroatoms. The van der Waals surface area contributed by atoms with Crippen LogP contribution in [0.25, 0.3) is 0 Å². The standard InChI is InChI=1S/C22H25F2N5O2/c1-22(12-31-13-22)11-25-21(27-20(30)15-4-8-17(24)9-5-15)26-19-10-18(28-29-19)14-2-6-16(23)7-3-14/h2-9,18-19,28-29H,10-13H2,1H3,(H2,25,26,27,30).